The minimum atomic E-state index is -0.868. The van der Waals surface area contributed by atoms with Gasteiger partial charge in [0.15, 0.2) is 11.6 Å². The molecule has 3 aromatic rings. The van der Waals surface area contributed by atoms with Crippen LogP contribution in [0.1, 0.15) is 5.56 Å². The Morgan fingerprint density at radius 1 is 1.13 bits per heavy atom. The minimum Gasteiger partial charge on any atom is -0.494 e. The Balaban J connectivity index is 1.86. The Hall–Kier alpha value is -2.48. The fourth-order valence-corrected chi connectivity index (χ4v) is 2.89. The van der Waals surface area contributed by atoms with Gasteiger partial charge in [-0.25, -0.2) is 8.78 Å². The molecule has 2 aromatic carbocycles. The molecule has 0 N–H and O–H groups in total. The van der Waals surface area contributed by atoms with E-state index in [1.807, 2.05) is 18.2 Å². The van der Waals surface area contributed by atoms with Crippen LogP contribution in [-0.4, -0.2) is 27.3 Å². The van der Waals surface area contributed by atoms with Crippen molar-refractivity contribution in [3.8, 4) is 11.4 Å². The van der Waals surface area contributed by atoms with Gasteiger partial charge in [-0.05, 0) is 28.6 Å². The zero-order chi connectivity index (χ0) is 16.2. The SMILES string of the molecule is COc1ccccc1-n1nnnc1SCc1cccc(F)c1F. The maximum atomic E-state index is 13.7. The minimum absolute atomic E-state index is 0.207. The number of thioether (sulfide) groups is 1. The fraction of sp³-hybridized carbons (Fsp3) is 0.133. The number of aromatic nitrogens is 4. The van der Waals surface area contributed by atoms with Crippen LogP contribution in [0.25, 0.3) is 5.69 Å². The molecule has 0 amide bonds. The zero-order valence-electron chi connectivity index (χ0n) is 12.1. The van der Waals surface area contributed by atoms with E-state index in [0.29, 0.717) is 16.6 Å². The van der Waals surface area contributed by atoms with Gasteiger partial charge >= 0.3 is 0 Å². The first-order valence-electron chi connectivity index (χ1n) is 6.68. The van der Waals surface area contributed by atoms with Gasteiger partial charge in [0.1, 0.15) is 11.4 Å². The van der Waals surface area contributed by atoms with Crippen LogP contribution in [0.4, 0.5) is 8.78 Å². The molecule has 0 unspecified atom stereocenters. The summed E-state index contributed by atoms with van der Waals surface area (Å²) >= 11 is 1.21. The smallest absolute Gasteiger partial charge is 0.214 e. The Morgan fingerprint density at radius 3 is 2.78 bits per heavy atom. The Kier molecular flexibility index (Phi) is 4.52. The summed E-state index contributed by atoms with van der Waals surface area (Å²) in [6.07, 6.45) is 0. The molecule has 0 saturated heterocycles. The van der Waals surface area contributed by atoms with Gasteiger partial charge in [0.25, 0.3) is 0 Å². The van der Waals surface area contributed by atoms with Crippen molar-refractivity contribution < 1.29 is 13.5 Å². The summed E-state index contributed by atoms with van der Waals surface area (Å²) in [7, 11) is 1.55. The van der Waals surface area contributed by atoms with Crippen molar-refractivity contribution in [2.45, 2.75) is 10.9 Å². The fourth-order valence-electron chi connectivity index (χ4n) is 2.03. The monoisotopic (exact) mass is 334 g/mol. The van der Waals surface area contributed by atoms with Gasteiger partial charge in [0, 0.05) is 11.3 Å². The van der Waals surface area contributed by atoms with Crippen molar-refractivity contribution in [1.82, 2.24) is 20.2 Å². The second-order valence-electron chi connectivity index (χ2n) is 4.55. The molecule has 5 nitrogen and oxygen atoms in total. The number of benzene rings is 2. The highest BCUT2D eigenvalue weighted by Gasteiger charge is 2.14. The summed E-state index contributed by atoms with van der Waals surface area (Å²) < 4.78 is 33.7. The van der Waals surface area contributed by atoms with Gasteiger partial charge in [-0.15, -0.1) is 5.10 Å². The van der Waals surface area contributed by atoms with E-state index in [9.17, 15) is 8.78 Å². The molecule has 1 aromatic heterocycles. The third kappa shape index (κ3) is 3.16. The highest BCUT2D eigenvalue weighted by molar-refractivity contribution is 7.98. The van der Waals surface area contributed by atoms with E-state index in [-0.39, 0.29) is 11.3 Å². The van der Waals surface area contributed by atoms with Gasteiger partial charge < -0.3 is 4.74 Å². The van der Waals surface area contributed by atoms with Crippen LogP contribution in [-0.2, 0) is 5.75 Å². The van der Waals surface area contributed by atoms with E-state index in [4.69, 9.17) is 4.74 Å². The normalized spacial score (nSPS) is 10.7. The van der Waals surface area contributed by atoms with Crippen LogP contribution >= 0.6 is 11.8 Å². The van der Waals surface area contributed by atoms with Crippen LogP contribution in [0, 0.1) is 11.6 Å². The van der Waals surface area contributed by atoms with Crippen LogP contribution in [0.2, 0.25) is 0 Å². The Morgan fingerprint density at radius 2 is 1.96 bits per heavy atom. The molecule has 0 spiro atoms. The lowest BCUT2D eigenvalue weighted by Gasteiger charge is -2.09. The second kappa shape index (κ2) is 6.74. The average Bonchev–Trinajstić information content (AvgIpc) is 3.04. The number of halogens is 2. The van der Waals surface area contributed by atoms with Crippen molar-refractivity contribution in [2.75, 3.05) is 7.11 Å². The Bertz CT molecular complexity index is 825. The summed E-state index contributed by atoms with van der Waals surface area (Å²) in [5, 5.41) is 12.0. The standard InChI is InChI=1S/C15H12F2N4OS/c1-22-13-8-3-2-7-12(13)21-15(18-19-20-21)23-9-10-5-4-6-11(16)14(10)17/h2-8H,9H2,1H3. The second-order valence-corrected chi connectivity index (χ2v) is 5.49. The molecule has 1 heterocycles. The molecule has 118 valence electrons. The predicted molar refractivity (Wildman–Crippen MR) is 81.6 cm³/mol. The number of hydrogen-bond donors (Lipinski definition) is 0. The van der Waals surface area contributed by atoms with Crippen molar-refractivity contribution in [3.05, 3.63) is 59.7 Å². The van der Waals surface area contributed by atoms with Gasteiger partial charge in [0.05, 0.1) is 7.11 Å². The molecular weight excluding hydrogens is 322 g/mol. The van der Waals surface area contributed by atoms with Crippen molar-refractivity contribution >= 4 is 11.8 Å². The lowest BCUT2D eigenvalue weighted by atomic mass is 10.2. The number of para-hydroxylation sites is 2. The molecule has 8 heteroatoms. The molecule has 0 aliphatic heterocycles. The van der Waals surface area contributed by atoms with Crippen LogP contribution in [0.3, 0.4) is 0 Å². The number of ether oxygens (including phenoxy) is 1. The highest BCUT2D eigenvalue weighted by atomic mass is 32.2. The quantitative estimate of drug-likeness (QED) is 0.671. The zero-order valence-corrected chi connectivity index (χ0v) is 12.9. The van der Waals surface area contributed by atoms with E-state index in [1.54, 1.807) is 13.2 Å². The number of nitrogens with zero attached hydrogens (tertiary/aromatic N) is 4. The third-order valence-corrected chi connectivity index (χ3v) is 4.11. The first kappa shape index (κ1) is 15.4. The summed E-state index contributed by atoms with van der Waals surface area (Å²) in [6, 6.07) is 11.4. The summed E-state index contributed by atoms with van der Waals surface area (Å²) in [6.45, 7) is 0. The van der Waals surface area contributed by atoms with Gasteiger partial charge in [-0.2, -0.15) is 4.68 Å². The van der Waals surface area contributed by atoms with E-state index < -0.39 is 11.6 Å². The van der Waals surface area contributed by atoms with Gasteiger partial charge in [0.2, 0.25) is 5.16 Å². The Labute approximate surface area is 135 Å². The van der Waals surface area contributed by atoms with Crippen LogP contribution < -0.4 is 4.74 Å². The molecular formula is C15H12F2N4OS. The molecule has 0 aliphatic carbocycles. The highest BCUT2D eigenvalue weighted by Crippen LogP contribution is 2.28. The number of tetrazole rings is 1. The van der Waals surface area contributed by atoms with E-state index in [2.05, 4.69) is 15.5 Å². The average molecular weight is 334 g/mol. The molecule has 0 bridgehead atoms. The number of rotatable bonds is 5. The van der Waals surface area contributed by atoms with Crippen LogP contribution in [0.5, 0.6) is 5.75 Å². The van der Waals surface area contributed by atoms with Crippen molar-refractivity contribution in [1.29, 1.82) is 0 Å². The lowest BCUT2D eigenvalue weighted by molar-refractivity contribution is 0.410. The molecule has 0 saturated carbocycles. The summed E-state index contributed by atoms with van der Waals surface area (Å²) in [5.74, 6) is -0.902. The predicted octanol–water partition coefficient (Wildman–Crippen LogP) is 3.24. The van der Waals surface area contributed by atoms with Gasteiger partial charge in [-0.1, -0.05) is 36.0 Å². The maximum absolute atomic E-state index is 13.7. The first-order valence-corrected chi connectivity index (χ1v) is 7.66. The molecule has 0 radical (unpaired) electrons. The van der Waals surface area contributed by atoms with E-state index in [1.165, 1.54) is 28.6 Å². The van der Waals surface area contributed by atoms with Crippen molar-refractivity contribution in [2.24, 2.45) is 0 Å². The maximum Gasteiger partial charge on any atom is 0.214 e. The van der Waals surface area contributed by atoms with Crippen LogP contribution in [0.15, 0.2) is 47.6 Å². The molecule has 3 rings (SSSR count). The van der Waals surface area contributed by atoms with Gasteiger partial charge in [-0.3, -0.25) is 0 Å². The molecule has 0 fully saturated rings. The number of hydrogen-bond acceptors (Lipinski definition) is 5. The van der Waals surface area contributed by atoms with E-state index in [0.717, 1.165) is 6.07 Å². The van der Waals surface area contributed by atoms with Crippen molar-refractivity contribution in [3.63, 3.8) is 0 Å². The summed E-state index contributed by atoms with van der Waals surface area (Å²) in [5.41, 5.74) is 0.923. The molecule has 0 atom stereocenters. The first-order chi connectivity index (χ1) is 11.2. The topological polar surface area (TPSA) is 52.8 Å². The third-order valence-electron chi connectivity index (χ3n) is 3.14. The summed E-state index contributed by atoms with van der Waals surface area (Å²) in [4.78, 5) is 0. The number of methoxy groups -OCH3 is 1. The van der Waals surface area contributed by atoms with E-state index >= 15 is 0 Å². The lowest BCUT2D eigenvalue weighted by Crippen LogP contribution is -2.02. The molecule has 0 aliphatic rings. The largest absolute Gasteiger partial charge is 0.494 e. The molecule has 23 heavy (non-hydrogen) atoms.